The van der Waals surface area contributed by atoms with Crippen LogP contribution in [0.15, 0.2) is 0 Å². The molecule has 0 radical (unpaired) electrons. The lowest BCUT2D eigenvalue weighted by Crippen LogP contribution is -2.43. The molecule has 18 heavy (non-hydrogen) atoms. The summed E-state index contributed by atoms with van der Waals surface area (Å²) in [6.45, 7) is 1.94. The van der Waals surface area contributed by atoms with Crippen molar-refractivity contribution in [1.29, 1.82) is 0 Å². The Bertz CT molecular complexity index is 509. The lowest BCUT2D eigenvalue weighted by molar-refractivity contribution is -0.146. The van der Waals surface area contributed by atoms with Crippen molar-refractivity contribution in [2.45, 2.75) is 25.8 Å². The van der Waals surface area contributed by atoms with Gasteiger partial charge in [-0.15, -0.1) is 0 Å². The Hall–Kier alpha value is -0.670. The van der Waals surface area contributed by atoms with E-state index in [1.54, 1.807) is 6.92 Å². The molecule has 1 unspecified atom stereocenters. The number of sulfonamides is 1. The fourth-order valence-corrected chi connectivity index (χ4v) is 5.58. The van der Waals surface area contributed by atoms with Crippen LogP contribution >= 0.6 is 0 Å². The lowest BCUT2D eigenvalue weighted by atomic mass is 10.2. The molecule has 1 aliphatic heterocycles. The fourth-order valence-electron chi connectivity index (χ4n) is 1.89. The van der Waals surface area contributed by atoms with Gasteiger partial charge in [-0.1, -0.05) is 0 Å². The van der Waals surface area contributed by atoms with Crippen LogP contribution in [-0.4, -0.2) is 57.6 Å². The second-order valence-electron chi connectivity index (χ2n) is 4.18. The van der Waals surface area contributed by atoms with Gasteiger partial charge in [-0.2, -0.15) is 4.31 Å². The molecule has 106 valence electrons. The maximum absolute atomic E-state index is 11.9. The highest BCUT2D eigenvalue weighted by Gasteiger charge is 2.40. The third-order valence-corrected chi connectivity index (χ3v) is 6.54. The monoisotopic (exact) mass is 299 g/mol. The van der Waals surface area contributed by atoms with Gasteiger partial charge >= 0.3 is 5.97 Å². The Morgan fingerprint density at radius 1 is 1.33 bits per heavy atom. The van der Waals surface area contributed by atoms with Crippen LogP contribution in [0.2, 0.25) is 0 Å². The molecule has 1 rings (SSSR count). The first-order valence-electron chi connectivity index (χ1n) is 5.51. The maximum atomic E-state index is 11.9. The third-order valence-electron chi connectivity index (χ3n) is 2.48. The topological polar surface area (TPSA) is 97.8 Å². The summed E-state index contributed by atoms with van der Waals surface area (Å²) in [5.41, 5.74) is 0. The van der Waals surface area contributed by atoms with Gasteiger partial charge in [-0.25, -0.2) is 16.8 Å². The molecular formula is C9H17NO6S2. The van der Waals surface area contributed by atoms with Crippen molar-refractivity contribution in [3.05, 3.63) is 0 Å². The number of nitrogens with zero attached hydrogens (tertiary/aromatic N) is 1. The van der Waals surface area contributed by atoms with E-state index in [1.165, 1.54) is 0 Å². The molecule has 0 saturated carbocycles. The van der Waals surface area contributed by atoms with Crippen LogP contribution in [0, 0.1) is 0 Å². The molecule has 1 saturated heterocycles. The van der Waals surface area contributed by atoms with Gasteiger partial charge in [-0.3, -0.25) is 4.79 Å². The van der Waals surface area contributed by atoms with E-state index < -0.39 is 37.0 Å². The van der Waals surface area contributed by atoms with Crippen LogP contribution in [0.3, 0.4) is 0 Å². The molecule has 0 bridgehead atoms. The molecule has 1 atom stereocenters. The van der Waals surface area contributed by atoms with E-state index in [1.807, 2.05) is 0 Å². The van der Waals surface area contributed by atoms with Crippen LogP contribution in [0.25, 0.3) is 0 Å². The Balaban J connectivity index is 2.91. The predicted octanol–water partition coefficient (Wildman–Crippen LogP) is -0.654. The first kappa shape index (κ1) is 15.4. The summed E-state index contributed by atoms with van der Waals surface area (Å²) < 4.78 is 51.7. The van der Waals surface area contributed by atoms with E-state index in [9.17, 15) is 21.6 Å². The van der Waals surface area contributed by atoms with Crippen molar-refractivity contribution >= 4 is 25.8 Å². The average molecular weight is 299 g/mol. The molecule has 0 aromatic carbocycles. The standard InChI is InChI=1S/C9H17NO6S2/c1-3-16-9(11)8-5-4-6-10(8)18(14,15)7-17(2,12)13/h8H,3-7H2,1-2H3. The van der Waals surface area contributed by atoms with Crippen LogP contribution in [0.4, 0.5) is 0 Å². The van der Waals surface area contributed by atoms with E-state index in [0.717, 1.165) is 10.6 Å². The third kappa shape index (κ3) is 3.92. The van der Waals surface area contributed by atoms with E-state index in [4.69, 9.17) is 4.74 Å². The molecule has 1 heterocycles. The van der Waals surface area contributed by atoms with Crippen molar-refractivity contribution in [3.63, 3.8) is 0 Å². The molecule has 0 amide bonds. The van der Waals surface area contributed by atoms with Gasteiger partial charge in [0.1, 0.15) is 6.04 Å². The maximum Gasteiger partial charge on any atom is 0.324 e. The zero-order chi connectivity index (χ0) is 14.0. The molecule has 0 aromatic rings. The van der Waals surface area contributed by atoms with Gasteiger partial charge in [0.25, 0.3) is 0 Å². The number of hydrogen-bond acceptors (Lipinski definition) is 6. The zero-order valence-corrected chi connectivity index (χ0v) is 12.0. The molecular weight excluding hydrogens is 282 g/mol. The second kappa shape index (κ2) is 5.54. The van der Waals surface area contributed by atoms with E-state index >= 15 is 0 Å². The Labute approximate surface area is 107 Å². The van der Waals surface area contributed by atoms with E-state index in [2.05, 4.69) is 0 Å². The van der Waals surface area contributed by atoms with Crippen LogP contribution in [0.1, 0.15) is 19.8 Å². The summed E-state index contributed by atoms with van der Waals surface area (Å²) in [6, 6.07) is -0.892. The molecule has 0 aliphatic carbocycles. The summed E-state index contributed by atoms with van der Waals surface area (Å²) in [5, 5.41) is -0.976. The van der Waals surface area contributed by atoms with E-state index in [-0.39, 0.29) is 13.2 Å². The first-order valence-corrected chi connectivity index (χ1v) is 9.18. The summed E-state index contributed by atoms with van der Waals surface area (Å²) >= 11 is 0. The number of ether oxygens (including phenoxy) is 1. The SMILES string of the molecule is CCOC(=O)C1CCCN1S(=O)(=O)CS(C)(=O)=O. The highest BCUT2D eigenvalue weighted by molar-refractivity contribution is 8.06. The molecule has 1 fully saturated rings. The van der Waals surface area contributed by atoms with Crippen molar-refractivity contribution in [3.8, 4) is 0 Å². The molecule has 0 spiro atoms. The summed E-state index contributed by atoms with van der Waals surface area (Å²) in [5.74, 6) is -0.618. The average Bonchev–Trinajstić information content (AvgIpc) is 2.62. The van der Waals surface area contributed by atoms with Crippen LogP contribution < -0.4 is 0 Å². The Morgan fingerprint density at radius 2 is 1.94 bits per heavy atom. The quantitative estimate of drug-likeness (QED) is 0.625. The number of sulfone groups is 1. The molecule has 9 heteroatoms. The van der Waals surface area contributed by atoms with Crippen molar-refractivity contribution in [2.75, 3.05) is 24.5 Å². The van der Waals surface area contributed by atoms with Gasteiger partial charge in [-0.05, 0) is 19.8 Å². The normalized spacial score (nSPS) is 22.0. The smallest absolute Gasteiger partial charge is 0.324 e. The van der Waals surface area contributed by atoms with Crippen molar-refractivity contribution in [2.24, 2.45) is 0 Å². The molecule has 1 aliphatic rings. The first-order chi connectivity index (χ1) is 8.17. The minimum absolute atomic E-state index is 0.154. The lowest BCUT2D eigenvalue weighted by Gasteiger charge is -2.21. The Morgan fingerprint density at radius 3 is 2.44 bits per heavy atom. The van der Waals surface area contributed by atoms with E-state index in [0.29, 0.717) is 12.8 Å². The summed E-state index contributed by atoms with van der Waals surface area (Å²) in [6.07, 6.45) is 1.73. The number of rotatable bonds is 5. The van der Waals surface area contributed by atoms with Gasteiger partial charge < -0.3 is 4.74 Å². The Kier molecular flexibility index (Phi) is 4.73. The number of carbonyl (C=O) groups excluding carboxylic acids is 1. The molecule has 0 aromatic heterocycles. The minimum Gasteiger partial charge on any atom is -0.465 e. The summed E-state index contributed by atoms with van der Waals surface area (Å²) in [7, 11) is -7.65. The molecule has 0 N–H and O–H groups in total. The highest BCUT2D eigenvalue weighted by atomic mass is 32.3. The van der Waals surface area contributed by atoms with Gasteiger partial charge in [0.2, 0.25) is 10.0 Å². The highest BCUT2D eigenvalue weighted by Crippen LogP contribution is 2.23. The predicted molar refractivity (Wildman–Crippen MR) is 65.0 cm³/mol. The van der Waals surface area contributed by atoms with Gasteiger partial charge in [0, 0.05) is 12.8 Å². The number of hydrogen-bond donors (Lipinski definition) is 0. The second-order valence-corrected chi connectivity index (χ2v) is 8.60. The largest absolute Gasteiger partial charge is 0.465 e. The molecule has 7 nitrogen and oxygen atoms in total. The minimum atomic E-state index is -3.99. The van der Waals surface area contributed by atoms with Crippen molar-refractivity contribution in [1.82, 2.24) is 4.31 Å². The number of carbonyl (C=O) groups is 1. The van der Waals surface area contributed by atoms with Crippen LogP contribution in [-0.2, 0) is 29.4 Å². The zero-order valence-electron chi connectivity index (χ0n) is 10.3. The fraction of sp³-hybridized carbons (Fsp3) is 0.889. The van der Waals surface area contributed by atoms with Crippen molar-refractivity contribution < 1.29 is 26.4 Å². The van der Waals surface area contributed by atoms with Gasteiger partial charge in [0.05, 0.1) is 6.61 Å². The summed E-state index contributed by atoms with van der Waals surface area (Å²) in [4.78, 5) is 11.6. The van der Waals surface area contributed by atoms with Crippen LogP contribution in [0.5, 0.6) is 0 Å². The van der Waals surface area contributed by atoms with Gasteiger partial charge in [0.15, 0.2) is 14.9 Å². The number of esters is 1.